The summed E-state index contributed by atoms with van der Waals surface area (Å²) in [6, 6.07) is 7.04. The minimum Gasteiger partial charge on any atom is -0.710 e. The molecule has 0 aliphatic heterocycles. The van der Waals surface area contributed by atoms with Gasteiger partial charge < -0.3 is 15.1 Å². The molecule has 0 unspecified atom stereocenters. The molecule has 0 bridgehead atoms. The Balaban J connectivity index is 2.51. The second kappa shape index (κ2) is 5.87. The van der Waals surface area contributed by atoms with Gasteiger partial charge in [0.2, 0.25) is 0 Å². The Morgan fingerprint density at radius 1 is 1.33 bits per heavy atom. The highest BCUT2D eigenvalue weighted by Crippen LogP contribution is 2.23. The van der Waals surface area contributed by atoms with E-state index < -0.39 is 5.97 Å². The van der Waals surface area contributed by atoms with Gasteiger partial charge in [0.25, 0.3) is 5.82 Å². The summed E-state index contributed by atoms with van der Waals surface area (Å²) >= 11 is 0. The van der Waals surface area contributed by atoms with Crippen LogP contribution in [0.15, 0.2) is 24.3 Å². The molecule has 6 heteroatoms. The van der Waals surface area contributed by atoms with Crippen LogP contribution in [0.25, 0.3) is 11.4 Å². The van der Waals surface area contributed by atoms with Crippen LogP contribution < -0.4 is 9.47 Å². The number of ether oxygens (including phenoxy) is 1. The summed E-state index contributed by atoms with van der Waals surface area (Å²) in [6.45, 7) is 5.63. The fraction of sp³-hybridized carbons (Fsp3) is 0.333. The highest BCUT2D eigenvalue weighted by Gasteiger charge is 2.25. The van der Waals surface area contributed by atoms with Crippen molar-refractivity contribution in [3.8, 4) is 17.1 Å². The van der Waals surface area contributed by atoms with E-state index in [1.807, 2.05) is 6.92 Å². The molecular formula is C15H18N2O4. The van der Waals surface area contributed by atoms with Crippen LogP contribution in [0.3, 0.4) is 0 Å². The summed E-state index contributed by atoms with van der Waals surface area (Å²) < 4.78 is 7.65. The van der Waals surface area contributed by atoms with E-state index in [4.69, 9.17) is 9.84 Å². The fourth-order valence-electron chi connectivity index (χ4n) is 2.24. The molecular weight excluding hydrogens is 272 g/mol. The van der Waals surface area contributed by atoms with Crippen LogP contribution in [0, 0.1) is 19.1 Å². The van der Waals surface area contributed by atoms with Crippen molar-refractivity contribution < 1.29 is 19.4 Å². The number of benzene rings is 1. The molecule has 0 radical (unpaired) electrons. The number of aromatic nitrogens is 2. The number of rotatable bonds is 5. The molecule has 1 heterocycles. The van der Waals surface area contributed by atoms with Gasteiger partial charge in [-0.1, -0.05) is 0 Å². The van der Waals surface area contributed by atoms with Crippen molar-refractivity contribution in [1.82, 2.24) is 4.57 Å². The molecule has 0 amide bonds. The minimum absolute atomic E-state index is 0.246. The lowest BCUT2D eigenvalue weighted by atomic mass is 10.2. The van der Waals surface area contributed by atoms with E-state index in [2.05, 4.69) is 0 Å². The first-order valence-corrected chi connectivity index (χ1v) is 6.70. The maximum atomic E-state index is 12.3. The Morgan fingerprint density at radius 3 is 2.48 bits per heavy atom. The van der Waals surface area contributed by atoms with Gasteiger partial charge in [-0.15, -0.1) is 0 Å². The molecule has 0 fully saturated rings. The topological polar surface area (TPSA) is 78.4 Å². The zero-order valence-corrected chi connectivity index (χ0v) is 12.3. The predicted molar refractivity (Wildman–Crippen MR) is 77.1 cm³/mol. The third kappa shape index (κ3) is 2.84. The van der Waals surface area contributed by atoms with Crippen LogP contribution >= 0.6 is 0 Å². The molecule has 0 aliphatic carbocycles. The first-order valence-electron chi connectivity index (χ1n) is 6.70. The normalized spacial score (nSPS) is 10.6. The van der Waals surface area contributed by atoms with E-state index in [0.29, 0.717) is 35.1 Å². The maximum absolute atomic E-state index is 12.3. The Kier molecular flexibility index (Phi) is 4.16. The van der Waals surface area contributed by atoms with Crippen LogP contribution in [-0.4, -0.2) is 22.2 Å². The third-order valence-electron chi connectivity index (χ3n) is 3.40. The molecule has 0 saturated carbocycles. The van der Waals surface area contributed by atoms with Crippen LogP contribution in [0.2, 0.25) is 0 Å². The fourth-order valence-corrected chi connectivity index (χ4v) is 2.24. The molecule has 1 aromatic heterocycles. The van der Waals surface area contributed by atoms with E-state index in [0.717, 1.165) is 4.73 Å². The molecule has 2 rings (SSSR count). The zero-order chi connectivity index (χ0) is 15.6. The van der Waals surface area contributed by atoms with Crippen molar-refractivity contribution in [2.24, 2.45) is 0 Å². The lowest BCUT2D eigenvalue weighted by Crippen LogP contribution is -2.31. The first kappa shape index (κ1) is 14.9. The lowest BCUT2D eigenvalue weighted by molar-refractivity contribution is -0.599. The first-order chi connectivity index (χ1) is 9.95. The summed E-state index contributed by atoms with van der Waals surface area (Å²) in [5.41, 5.74) is 1.81. The average Bonchev–Trinajstić information content (AvgIpc) is 2.65. The van der Waals surface area contributed by atoms with Gasteiger partial charge in [-0.3, -0.25) is 0 Å². The lowest BCUT2D eigenvalue weighted by Gasteiger charge is -2.07. The standard InChI is InChI=1S/C15H18N2O4/c1-4-21-13-7-5-12(6-8-13)15-16(9-14(18)19)10(2)11(3)17(15)20/h5-8H,4,9H2,1-3H3,(H,18,19). The number of carboxylic acids is 1. The van der Waals surface area contributed by atoms with E-state index in [-0.39, 0.29) is 6.54 Å². The van der Waals surface area contributed by atoms with Gasteiger partial charge >= 0.3 is 5.97 Å². The van der Waals surface area contributed by atoms with E-state index in [1.165, 1.54) is 4.57 Å². The van der Waals surface area contributed by atoms with Gasteiger partial charge in [0.15, 0.2) is 6.54 Å². The molecule has 1 aromatic carbocycles. The van der Waals surface area contributed by atoms with Crippen molar-refractivity contribution in [2.75, 3.05) is 6.61 Å². The molecule has 0 atom stereocenters. The summed E-state index contributed by atoms with van der Waals surface area (Å²) in [7, 11) is 0. The van der Waals surface area contributed by atoms with Gasteiger partial charge in [-0.2, -0.15) is 0 Å². The van der Waals surface area contributed by atoms with Crippen molar-refractivity contribution in [3.05, 3.63) is 40.9 Å². The minimum atomic E-state index is -0.985. The quantitative estimate of drug-likeness (QED) is 0.673. The molecule has 0 spiro atoms. The maximum Gasteiger partial charge on any atom is 0.346 e. The van der Waals surface area contributed by atoms with Gasteiger partial charge in [0.1, 0.15) is 17.1 Å². The number of nitrogens with zero attached hydrogens (tertiary/aromatic N) is 2. The molecule has 0 aliphatic rings. The summed E-state index contributed by atoms with van der Waals surface area (Å²) in [5.74, 6) is 0.0554. The Hall–Kier alpha value is -2.50. The van der Waals surface area contributed by atoms with Crippen molar-refractivity contribution in [1.29, 1.82) is 0 Å². The molecule has 6 nitrogen and oxygen atoms in total. The van der Waals surface area contributed by atoms with E-state index in [9.17, 15) is 10.0 Å². The second-order valence-electron chi connectivity index (χ2n) is 4.73. The molecule has 0 saturated heterocycles. The zero-order valence-electron chi connectivity index (χ0n) is 12.3. The molecule has 21 heavy (non-hydrogen) atoms. The number of imidazole rings is 1. The Bertz CT molecular complexity index is 659. The highest BCUT2D eigenvalue weighted by molar-refractivity contribution is 5.68. The average molecular weight is 290 g/mol. The second-order valence-corrected chi connectivity index (χ2v) is 4.73. The monoisotopic (exact) mass is 290 g/mol. The summed E-state index contributed by atoms with van der Waals surface area (Å²) in [4.78, 5) is 11.0. The summed E-state index contributed by atoms with van der Waals surface area (Å²) in [6.07, 6.45) is 0. The van der Waals surface area contributed by atoms with Crippen LogP contribution in [-0.2, 0) is 11.3 Å². The number of carboxylic acid groups (broad SMARTS) is 1. The number of aliphatic carboxylic acids is 1. The largest absolute Gasteiger partial charge is 0.710 e. The molecule has 1 N–H and O–H groups in total. The van der Waals surface area contributed by atoms with Crippen molar-refractivity contribution in [2.45, 2.75) is 27.3 Å². The van der Waals surface area contributed by atoms with Gasteiger partial charge in [-0.05, 0) is 31.2 Å². The van der Waals surface area contributed by atoms with E-state index in [1.54, 1.807) is 38.1 Å². The van der Waals surface area contributed by atoms with Crippen molar-refractivity contribution >= 4 is 5.97 Å². The molecule has 2 aromatic rings. The number of hydrogen-bond acceptors (Lipinski definition) is 3. The Labute approximate surface area is 122 Å². The SMILES string of the molecule is CCOc1ccc(-c2n(CC(=O)O)c(C)c(C)[n+]2[O-])cc1. The number of hydrogen-bond donors (Lipinski definition) is 1. The van der Waals surface area contributed by atoms with Gasteiger partial charge in [0, 0.05) is 13.8 Å². The van der Waals surface area contributed by atoms with Gasteiger partial charge in [-0.25, -0.2) is 14.1 Å². The van der Waals surface area contributed by atoms with Crippen molar-refractivity contribution in [3.63, 3.8) is 0 Å². The smallest absolute Gasteiger partial charge is 0.346 e. The predicted octanol–water partition coefficient (Wildman–Crippen LogP) is 1.89. The van der Waals surface area contributed by atoms with Crippen LogP contribution in [0.4, 0.5) is 0 Å². The van der Waals surface area contributed by atoms with E-state index >= 15 is 0 Å². The summed E-state index contributed by atoms with van der Waals surface area (Å²) in [5, 5.41) is 21.3. The number of carbonyl (C=O) groups is 1. The third-order valence-corrected chi connectivity index (χ3v) is 3.40. The highest BCUT2D eigenvalue weighted by atomic mass is 16.5. The Morgan fingerprint density at radius 2 is 1.95 bits per heavy atom. The van der Waals surface area contributed by atoms with Gasteiger partial charge in [0.05, 0.1) is 12.2 Å². The van der Waals surface area contributed by atoms with Crippen LogP contribution in [0.5, 0.6) is 5.75 Å². The molecule has 112 valence electrons. The van der Waals surface area contributed by atoms with Crippen LogP contribution in [0.1, 0.15) is 18.3 Å².